The summed E-state index contributed by atoms with van der Waals surface area (Å²) >= 11 is 0. The Hall–Kier alpha value is -1.59. The van der Waals surface area contributed by atoms with E-state index in [0.29, 0.717) is 12.5 Å². The summed E-state index contributed by atoms with van der Waals surface area (Å²) in [5.74, 6) is 0.235. The highest BCUT2D eigenvalue weighted by Gasteiger charge is 2.28. The Kier molecular flexibility index (Phi) is 6.54. The fourth-order valence-electron chi connectivity index (χ4n) is 4.26. The molecule has 0 bridgehead atoms. The summed E-state index contributed by atoms with van der Waals surface area (Å²) < 4.78 is 0. The van der Waals surface area contributed by atoms with E-state index < -0.39 is 0 Å². The third-order valence-corrected chi connectivity index (χ3v) is 5.91. The van der Waals surface area contributed by atoms with E-state index in [1.165, 1.54) is 24.1 Å². The molecular weight excluding hydrogens is 324 g/mol. The molecule has 0 radical (unpaired) electrons. The maximum atomic E-state index is 11.9. The maximum absolute atomic E-state index is 11.9. The molecule has 1 aromatic carbocycles. The standard InChI is InChI=1S/C21H34N4O/c1-18-7-4-5-9-20(18)25-15-13-24(14-16-25)19-8-6-11-23(17-19)12-10-21(26)22(2)3/h4-5,7,9,19H,6,8,10-17H2,1-3H3/t19-/m0/s1. The predicted molar refractivity (Wildman–Crippen MR) is 108 cm³/mol. The lowest BCUT2D eigenvalue weighted by Crippen LogP contribution is -2.55. The average molecular weight is 359 g/mol. The van der Waals surface area contributed by atoms with E-state index in [1.54, 1.807) is 4.90 Å². The number of aryl methyl sites for hydroxylation is 1. The topological polar surface area (TPSA) is 30.0 Å². The highest BCUT2D eigenvalue weighted by molar-refractivity contribution is 5.75. The van der Waals surface area contributed by atoms with Crippen molar-refractivity contribution in [2.24, 2.45) is 0 Å². The molecule has 0 spiro atoms. The molecule has 2 aliphatic heterocycles. The van der Waals surface area contributed by atoms with E-state index in [4.69, 9.17) is 0 Å². The number of piperidine rings is 1. The number of anilines is 1. The van der Waals surface area contributed by atoms with E-state index in [0.717, 1.165) is 45.8 Å². The molecule has 1 amide bonds. The van der Waals surface area contributed by atoms with Gasteiger partial charge >= 0.3 is 0 Å². The summed E-state index contributed by atoms with van der Waals surface area (Å²) in [5, 5.41) is 0. The molecule has 3 rings (SSSR count). The molecular formula is C21H34N4O. The summed E-state index contributed by atoms with van der Waals surface area (Å²) in [6.45, 7) is 9.87. The van der Waals surface area contributed by atoms with Gasteiger partial charge in [-0.2, -0.15) is 0 Å². The predicted octanol–water partition coefficient (Wildman–Crippen LogP) is 2.06. The van der Waals surface area contributed by atoms with Crippen molar-refractivity contribution in [3.8, 4) is 0 Å². The zero-order chi connectivity index (χ0) is 18.5. The molecule has 2 saturated heterocycles. The van der Waals surface area contributed by atoms with Gasteiger partial charge < -0.3 is 14.7 Å². The molecule has 1 atom stereocenters. The van der Waals surface area contributed by atoms with Crippen molar-refractivity contribution >= 4 is 11.6 Å². The highest BCUT2D eigenvalue weighted by Crippen LogP contribution is 2.23. The number of benzene rings is 1. The summed E-state index contributed by atoms with van der Waals surface area (Å²) in [6, 6.07) is 9.36. The second kappa shape index (κ2) is 8.87. The molecule has 0 aliphatic carbocycles. The highest BCUT2D eigenvalue weighted by atomic mass is 16.2. The first-order valence-electron chi connectivity index (χ1n) is 10.0. The Bertz CT molecular complexity index is 595. The van der Waals surface area contributed by atoms with Crippen LogP contribution in [0.4, 0.5) is 5.69 Å². The summed E-state index contributed by atoms with van der Waals surface area (Å²) in [7, 11) is 3.69. The van der Waals surface area contributed by atoms with Crippen molar-refractivity contribution in [2.45, 2.75) is 32.2 Å². The number of carbonyl (C=O) groups is 1. The Morgan fingerprint density at radius 2 is 1.85 bits per heavy atom. The molecule has 2 heterocycles. The second-order valence-corrected chi connectivity index (χ2v) is 7.94. The number of amides is 1. The van der Waals surface area contributed by atoms with Gasteiger partial charge in [0.2, 0.25) is 5.91 Å². The van der Waals surface area contributed by atoms with Crippen LogP contribution in [0.25, 0.3) is 0 Å². The number of piperazine rings is 1. The number of rotatable bonds is 5. The second-order valence-electron chi connectivity index (χ2n) is 7.94. The molecule has 26 heavy (non-hydrogen) atoms. The van der Waals surface area contributed by atoms with Gasteiger partial charge in [0.05, 0.1) is 0 Å². The third-order valence-electron chi connectivity index (χ3n) is 5.91. The normalized spacial score (nSPS) is 22.4. The van der Waals surface area contributed by atoms with Gasteiger partial charge in [-0.3, -0.25) is 9.69 Å². The smallest absolute Gasteiger partial charge is 0.223 e. The van der Waals surface area contributed by atoms with E-state index in [2.05, 4.69) is 45.9 Å². The van der Waals surface area contributed by atoms with Crippen molar-refractivity contribution < 1.29 is 4.79 Å². The van der Waals surface area contributed by atoms with E-state index in [-0.39, 0.29) is 5.91 Å². The fraction of sp³-hybridized carbons (Fsp3) is 0.667. The lowest BCUT2D eigenvalue weighted by atomic mass is 10.0. The molecule has 5 heteroatoms. The molecule has 2 aliphatic rings. The minimum Gasteiger partial charge on any atom is -0.369 e. The first kappa shape index (κ1) is 19.2. The van der Waals surface area contributed by atoms with Gasteiger partial charge in [0.25, 0.3) is 0 Å². The molecule has 0 N–H and O–H groups in total. The van der Waals surface area contributed by atoms with Crippen LogP contribution in [0.1, 0.15) is 24.8 Å². The van der Waals surface area contributed by atoms with Crippen molar-refractivity contribution in [3.05, 3.63) is 29.8 Å². The van der Waals surface area contributed by atoms with Gasteiger partial charge in [-0.05, 0) is 37.9 Å². The minimum atomic E-state index is 0.235. The van der Waals surface area contributed by atoms with E-state index in [9.17, 15) is 4.79 Å². The number of likely N-dealkylation sites (tertiary alicyclic amines) is 1. The average Bonchev–Trinajstić information content (AvgIpc) is 2.67. The Morgan fingerprint density at radius 3 is 2.54 bits per heavy atom. The summed E-state index contributed by atoms with van der Waals surface area (Å²) in [4.78, 5) is 21.2. The van der Waals surface area contributed by atoms with Crippen molar-refractivity contribution in [1.29, 1.82) is 0 Å². The number of carbonyl (C=O) groups excluding carboxylic acids is 1. The van der Waals surface area contributed by atoms with Crippen molar-refractivity contribution in [1.82, 2.24) is 14.7 Å². The quantitative estimate of drug-likeness (QED) is 0.806. The molecule has 5 nitrogen and oxygen atoms in total. The third kappa shape index (κ3) is 4.77. The largest absolute Gasteiger partial charge is 0.369 e. The van der Waals surface area contributed by atoms with Crippen LogP contribution in [0, 0.1) is 6.92 Å². The van der Waals surface area contributed by atoms with Gasteiger partial charge in [0.15, 0.2) is 0 Å². The lowest BCUT2D eigenvalue weighted by molar-refractivity contribution is -0.129. The monoisotopic (exact) mass is 358 g/mol. The maximum Gasteiger partial charge on any atom is 0.223 e. The number of hydrogen-bond donors (Lipinski definition) is 0. The zero-order valence-corrected chi connectivity index (χ0v) is 16.7. The number of para-hydroxylation sites is 1. The molecule has 1 aromatic rings. The van der Waals surface area contributed by atoms with Gasteiger partial charge in [-0.1, -0.05) is 18.2 Å². The lowest BCUT2D eigenvalue weighted by Gasteiger charge is -2.44. The van der Waals surface area contributed by atoms with Crippen LogP contribution in [0.5, 0.6) is 0 Å². The SMILES string of the molecule is Cc1ccccc1N1CCN([C@H]2CCCN(CCC(=O)N(C)C)C2)CC1. The first-order chi connectivity index (χ1) is 12.5. The molecule has 2 fully saturated rings. The van der Waals surface area contributed by atoms with Gasteiger partial charge in [-0.25, -0.2) is 0 Å². The van der Waals surface area contributed by atoms with E-state index >= 15 is 0 Å². The Morgan fingerprint density at radius 1 is 1.12 bits per heavy atom. The van der Waals surface area contributed by atoms with Gasteiger partial charge in [-0.15, -0.1) is 0 Å². The number of hydrogen-bond acceptors (Lipinski definition) is 4. The van der Waals surface area contributed by atoms with Crippen molar-refractivity contribution in [3.63, 3.8) is 0 Å². The molecule has 144 valence electrons. The van der Waals surface area contributed by atoms with Crippen LogP contribution < -0.4 is 4.90 Å². The van der Waals surface area contributed by atoms with Crippen LogP contribution in [0.3, 0.4) is 0 Å². The first-order valence-corrected chi connectivity index (χ1v) is 10.0. The Labute approximate surface area is 158 Å². The van der Waals surface area contributed by atoms with E-state index in [1.807, 2.05) is 14.1 Å². The molecule has 0 saturated carbocycles. The molecule has 0 unspecified atom stereocenters. The summed E-state index contributed by atoms with van der Waals surface area (Å²) in [5.41, 5.74) is 2.76. The van der Waals surface area contributed by atoms with Crippen LogP contribution >= 0.6 is 0 Å². The summed E-state index contributed by atoms with van der Waals surface area (Å²) in [6.07, 6.45) is 3.18. The molecule has 0 aromatic heterocycles. The van der Waals surface area contributed by atoms with Crippen molar-refractivity contribution in [2.75, 3.05) is 64.8 Å². The van der Waals surface area contributed by atoms with Gasteiger partial charge in [0.1, 0.15) is 0 Å². The van der Waals surface area contributed by atoms with Crippen LogP contribution in [0.2, 0.25) is 0 Å². The Balaban J connectivity index is 1.48. The number of nitrogens with zero attached hydrogens (tertiary/aromatic N) is 4. The minimum absolute atomic E-state index is 0.235. The van der Waals surface area contributed by atoms with Crippen LogP contribution in [-0.4, -0.2) is 86.6 Å². The van der Waals surface area contributed by atoms with Crippen LogP contribution in [-0.2, 0) is 4.79 Å². The van der Waals surface area contributed by atoms with Crippen LogP contribution in [0.15, 0.2) is 24.3 Å². The zero-order valence-electron chi connectivity index (χ0n) is 16.7. The fourth-order valence-corrected chi connectivity index (χ4v) is 4.26. The van der Waals surface area contributed by atoms with Gasteiger partial charge in [0, 0.05) is 71.5 Å².